The number of benzene rings is 1. The lowest BCUT2D eigenvalue weighted by Gasteiger charge is -2.33. The summed E-state index contributed by atoms with van der Waals surface area (Å²) in [6, 6.07) is 9.70. The summed E-state index contributed by atoms with van der Waals surface area (Å²) in [6.45, 7) is 6.14. The van der Waals surface area contributed by atoms with Gasteiger partial charge in [0.1, 0.15) is 17.6 Å². The average Bonchev–Trinajstić information content (AvgIpc) is 3.39. The lowest BCUT2D eigenvalue weighted by molar-refractivity contribution is -0.123. The molecule has 2 aromatic rings. The largest absolute Gasteiger partial charge is 0.468 e. The first-order valence-corrected chi connectivity index (χ1v) is 12.6. The number of nitrogens with one attached hydrogen (secondary N) is 2. The fourth-order valence-corrected chi connectivity index (χ4v) is 5.54. The van der Waals surface area contributed by atoms with E-state index in [-0.39, 0.29) is 28.6 Å². The van der Waals surface area contributed by atoms with E-state index in [0.29, 0.717) is 12.1 Å². The van der Waals surface area contributed by atoms with Crippen LogP contribution < -0.4 is 10.0 Å². The predicted octanol–water partition coefficient (Wildman–Crippen LogP) is 2.69. The summed E-state index contributed by atoms with van der Waals surface area (Å²) in [6.07, 6.45) is 5.14. The highest BCUT2D eigenvalue weighted by molar-refractivity contribution is 7.90. The highest BCUT2D eigenvalue weighted by atomic mass is 32.2. The summed E-state index contributed by atoms with van der Waals surface area (Å²) >= 11 is 0. The Balaban J connectivity index is 1.52. The quantitative estimate of drug-likeness (QED) is 0.664. The van der Waals surface area contributed by atoms with Crippen LogP contribution in [0.4, 0.5) is 0 Å². The molecule has 4 rings (SSSR count). The van der Waals surface area contributed by atoms with E-state index in [2.05, 4.69) is 19.9 Å². The molecule has 2 atom stereocenters. The Kier molecular flexibility index (Phi) is 6.66. The Morgan fingerprint density at radius 3 is 2.59 bits per heavy atom. The number of hydrogen-bond acceptors (Lipinski definition) is 6. The highest BCUT2D eigenvalue weighted by Crippen LogP contribution is 2.26. The number of fused-ring (bicyclic) bond motifs is 1. The number of furan rings is 1. The van der Waals surface area contributed by atoms with Gasteiger partial charge in [-0.25, -0.2) is 8.42 Å². The number of amidine groups is 1. The molecule has 8 nitrogen and oxygen atoms in total. The number of carbonyl (C=O) groups excluding carboxylic acids is 1. The van der Waals surface area contributed by atoms with E-state index in [1.807, 2.05) is 26.0 Å². The van der Waals surface area contributed by atoms with Crippen molar-refractivity contribution >= 4 is 21.8 Å². The third-order valence-electron chi connectivity index (χ3n) is 6.00. The summed E-state index contributed by atoms with van der Waals surface area (Å²) in [7, 11) is -3.65. The van der Waals surface area contributed by atoms with E-state index >= 15 is 0 Å². The Morgan fingerprint density at radius 2 is 1.91 bits per heavy atom. The Bertz CT molecular complexity index is 1070. The molecule has 1 aromatic heterocycles. The molecule has 1 amide bonds. The fourth-order valence-electron chi connectivity index (χ4n) is 4.30. The highest BCUT2D eigenvalue weighted by Gasteiger charge is 2.33. The van der Waals surface area contributed by atoms with Crippen molar-refractivity contribution in [3.63, 3.8) is 0 Å². The van der Waals surface area contributed by atoms with Gasteiger partial charge < -0.3 is 9.73 Å². The molecule has 172 valence electrons. The third-order valence-corrected chi connectivity index (χ3v) is 7.40. The lowest BCUT2D eigenvalue weighted by Crippen LogP contribution is -2.44. The molecule has 2 aliphatic heterocycles. The minimum absolute atomic E-state index is 0.0413. The number of rotatable bonds is 7. The second-order valence-corrected chi connectivity index (χ2v) is 10.3. The maximum atomic E-state index is 13.2. The summed E-state index contributed by atoms with van der Waals surface area (Å²) in [5.41, 5.74) is 0.493. The van der Waals surface area contributed by atoms with E-state index in [4.69, 9.17) is 4.42 Å². The molecule has 1 unspecified atom stereocenters. The Labute approximate surface area is 189 Å². The van der Waals surface area contributed by atoms with Crippen molar-refractivity contribution in [2.75, 3.05) is 19.6 Å². The van der Waals surface area contributed by atoms with Gasteiger partial charge in [0.25, 0.3) is 10.0 Å². The minimum atomic E-state index is -3.65. The summed E-state index contributed by atoms with van der Waals surface area (Å²) in [5.74, 6) is 0.701. The molecule has 1 fully saturated rings. The minimum Gasteiger partial charge on any atom is -0.468 e. The molecule has 0 aliphatic carbocycles. The van der Waals surface area contributed by atoms with Crippen LogP contribution in [-0.4, -0.2) is 50.7 Å². The van der Waals surface area contributed by atoms with E-state index in [0.717, 1.165) is 31.7 Å². The second kappa shape index (κ2) is 9.46. The topological polar surface area (TPSA) is 104 Å². The number of hydrogen-bond donors (Lipinski definition) is 2. The molecule has 32 heavy (non-hydrogen) atoms. The van der Waals surface area contributed by atoms with Gasteiger partial charge in [-0.3, -0.25) is 19.4 Å². The zero-order valence-electron chi connectivity index (χ0n) is 18.5. The van der Waals surface area contributed by atoms with Gasteiger partial charge in [-0.1, -0.05) is 32.4 Å². The molecule has 0 radical (unpaired) electrons. The van der Waals surface area contributed by atoms with Crippen LogP contribution in [-0.2, 0) is 14.8 Å². The fraction of sp³-hybridized carbons (Fsp3) is 0.478. The predicted molar refractivity (Wildman–Crippen MR) is 122 cm³/mol. The van der Waals surface area contributed by atoms with Crippen molar-refractivity contribution in [2.24, 2.45) is 10.9 Å². The Morgan fingerprint density at radius 1 is 1.16 bits per heavy atom. The van der Waals surface area contributed by atoms with Crippen molar-refractivity contribution < 1.29 is 17.6 Å². The van der Waals surface area contributed by atoms with E-state index in [1.165, 1.54) is 12.5 Å². The number of piperidine rings is 1. The van der Waals surface area contributed by atoms with Crippen LogP contribution in [0.3, 0.4) is 0 Å². The molecule has 0 bridgehead atoms. The zero-order valence-corrected chi connectivity index (χ0v) is 19.3. The van der Waals surface area contributed by atoms with Gasteiger partial charge in [0.05, 0.1) is 17.2 Å². The molecule has 9 heteroatoms. The SMILES string of the molecule is CC(C)[C@H](N=C1NS(=O)(=O)c2ccccc21)C(=O)NCC(c1ccco1)N1CCCCC1. The van der Waals surface area contributed by atoms with Gasteiger partial charge in [-0.2, -0.15) is 0 Å². The zero-order chi connectivity index (χ0) is 22.7. The van der Waals surface area contributed by atoms with Gasteiger partial charge in [0.2, 0.25) is 5.91 Å². The van der Waals surface area contributed by atoms with Crippen LogP contribution in [0.25, 0.3) is 0 Å². The molecule has 2 N–H and O–H groups in total. The van der Waals surface area contributed by atoms with Crippen molar-refractivity contribution in [1.29, 1.82) is 0 Å². The van der Waals surface area contributed by atoms with Gasteiger partial charge in [0, 0.05) is 12.1 Å². The first-order valence-electron chi connectivity index (χ1n) is 11.1. The Hall–Kier alpha value is -2.65. The molecule has 3 heterocycles. The third kappa shape index (κ3) is 4.73. The molecule has 0 spiro atoms. The average molecular weight is 459 g/mol. The van der Waals surface area contributed by atoms with Crippen LogP contribution in [0.5, 0.6) is 0 Å². The van der Waals surface area contributed by atoms with Gasteiger partial charge in [-0.15, -0.1) is 0 Å². The van der Waals surface area contributed by atoms with Gasteiger partial charge in [-0.05, 0) is 56.1 Å². The van der Waals surface area contributed by atoms with E-state index < -0.39 is 16.1 Å². The maximum Gasteiger partial charge on any atom is 0.263 e. The number of aliphatic imine (C=N–C) groups is 1. The van der Waals surface area contributed by atoms with Crippen LogP contribution in [0.1, 0.15) is 50.5 Å². The smallest absolute Gasteiger partial charge is 0.263 e. The van der Waals surface area contributed by atoms with E-state index in [9.17, 15) is 13.2 Å². The first kappa shape index (κ1) is 22.5. The second-order valence-electron chi connectivity index (χ2n) is 8.64. The number of nitrogens with zero attached hydrogens (tertiary/aromatic N) is 2. The normalized spacial score (nSPS) is 21.2. The molecular weight excluding hydrogens is 428 g/mol. The molecule has 1 aromatic carbocycles. The van der Waals surface area contributed by atoms with Crippen LogP contribution in [0.2, 0.25) is 0 Å². The maximum absolute atomic E-state index is 13.2. The van der Waals surface area contributed by atoms with Gasteiger partial charge >= 0.3 is 0 Å². The molecule has 0 saturated carbocycles. The van der Waals surface area contributed by atoms with Crippen molar-refractivity contribution in [3.8, 4) is 0 Å². The first-order chi connectivity index (χ1) is 15.4. The number of likely N-dealkylation sites (tertiary alicyclic amines) is 1. The summed E-state index contributed by atoms with van der Waals surface area (Å²) in [4.78, 5) is 20.2. The van der Waals surface area contributed by atoms with Crippen molar-refractivity contribution in [3.05, 3.63) is 54.0 Å². The standard InChI is InChI=1S/C23H30N4O4S/c1-16(2)21(25-22-17-9-4-5-11-20(17)32(29,30)26-22)23(28)24-15-18(19-10-8-14-31-19)27-12-6-3-7-13-27/h4-5,8-11,14,16,18,21H,3,6-7,12-13,15H2,1-2H3,(H,24,28)(H,25,26)/t18?,21-/m0/s1. The lowest BCUT2D eigenvalue weighted by atomic mass is 10.0. The van der Waals surface area contributed by atoms with Crippen LogP contribution in [0, 0.1) is 5.92 Å². The van der Waals surface area contributed by atoms with Crippen molar-refractivity contribution in [2.45, 2.75) is 50.1 Å². The molecular formula is C23H30N4O4S. The summed E-state index contributed by atoms with van der Waals surface area (Å²) in [5, 5.41) is 3.04. The number of amides is 1. The summed E-state index contributed by atoms with van der Waals surface area (Å²) < 4.78 is 33.0. The van der Waals surface area contributed by atoms with Crippen LogP contribution in [0.15, 0.2) is 57.0 Å². The monoisotopic (exact) mass is 458 g/mol. The van der Waals surface area contributed by atoms with Crippen LogP contribution >= 0.6 is 0 Å². The van der Waals surface area contributed by atoms with Gasteiger partial charge in [0.15, 0.2) is 0 Å². The van der Waals surface area contributed by atoms with Crippen molar-refractivity contribution in [1.82, 2.24) is 14.9 Å². The molecule has 2 aliphatic rings. The number of carbonyl (C=O) groups is 1. The molecule has 1 saturated heterocycles. The number of sulfonamides is 1. The van der Waals surface area contributed by atoms with E-state index in [1.54, 1.807) is 24.5 Å².